The van der Waals surface area contributed by atoms with E-state index in [1.54, 1.807) is 0 Å². The second-order valence-corrected chi connectivity index (χ2v) is 16.7. The molecular weight excluding hydrogens is 763 g/mol. The van der Waals surface area contributed by atoms with Crippen LogP contribution in [0, 0.1) is 0 Å². The zero-order valence-corrected chi connectivity index (χ0v) is 34.4. The Kier molecular flexibility index (Phi) is 7.85. The minimum absolute atomic E-state index is 0.491. The summed E-state index contributed by atoms with van der Waals surface area (Å²) in [6, 6.07) is 86.6. The van der Waals surface area contributed by atoms with Gasteiger partial charge in [-0.1, -0.05) is 188 Å². The van der Waals surface area contributed by atoms with Crippen LogP contribution in [0.5, 0.6) is 0 Å². The molecule has 1 aromatic heterocycles. The molecule has 1 heterocycles. The molecule has 1 spiro atoms. The standard InChI is InChI=1S/C61H39NO/c1-2-15-40(16-3-1)41-29-34-44(35-30-41)62(57-26-14-28-59-60(57)51-22-9-13-27-58(51)63-59)45-36-31-42(32-37-45)43-33-38-56-52(39-43)47-18-5-4-17-46(47)48-19-6-10-23-53(48)61(56)54-24-11-7-20-49(54)50-21-8-12-25-55(50)61/h1-39H. The van der Waals surface area contributed by atoms with Crippen molar-refractivity contribution in [2.45, 2.75) is 5.41 Å². The number of furan rings is 1. The molecule has 10 aromatic carbocycles. The Morgan fingerprint density at radius 1 is 0.302 bits per heavy atom. The van der Waals surface area contributed by atoms with Gasteiger partial charge in [0.2, 0.25) is 0 Å². The van der Waals surface area contributed by atoms with Gasteiger partial charge in [-0.25, -0.2) is 0 Å². The second kappa shape index (κ2) is 13.9. The maximum absolute atomic E-state index is 6.42. The van der Waals surface area contributed by atoms with E-state index in [1.165, 1.54) is 72.3 Å². The molecule has 0 amide bonds. The zero-order chi connectivity index (χ0) is 41.5. The molecular formula is C61H39NO. The number of hydrogen-bond acceptors (Lipinski definition) is 2. The molecule has 0 aliphatic heterocycles. The molecule has 0 bridgehead atoms. The van der Waals surface area contributed by atoms with E-state index in [-0.39, 0.29) is 0 Å². The molecule has 2 aliphatic carbocycles. The number of fused-ring (bicyclic) bond motifs is 15. The summed E-state index contributed by atoms with van der Waals surface area (Å²) in [7, 11) is 0. The van der Waals surface area contributed by atoms with Gasteiger partial charge >= 0.3 is 0 Å². The van der Waals surface area contributed by atoms with Gasteiger partial charge in [0.05, 0.1) is 16.5 Å². The molecule has 0 atom stereocenters. The van der Waals surface area contributed by atoms with E-state index >= 15 is 0 Å². The van der Waals surface area contributed by atoms with E-state index in [4.69, 9.17) is 4.42 Å². The highest BCUT2D eigenvalue weighted by Crippen LogP contribution is 2.61. The smallest absolute Gasteiger partial charge is 0.137 e. The molecule has 0 unspecified atom stereocenters. The Hall–Kier alpha value is -8.20. The molecule has 0 radical (unpaired) electrons. The van der Waals surface area contributed by atoms with Gasteiger partial charge in [-0.3, -0.25) is 0 Å². The van der Waals surface area contributed by atoms with Crippen molar-refractivity contribution in [1.29, 1.82) is 0 Å². The van der Waals surface area contributed by atoms with Crippen molar-refractivity contribution in [3.8, 4) is 55.6 Å². The lowest BCUT2D eigenvalue weighted by atomic mass is 9.66. The van der Waals surface area contributed by atoms with Gasteiger partial charge in [0.15, 0.2) is 0 Å². The maximum atomic E-state index is 6.42. The molecule has 0 N–H and O–H groups in total. The van der Waals surface area contributed by atoms with Gasteiger partial charge in [0.25, 0.3) is 0 Å². The molecule has 0 fully saturated rings. The minimum Gasteiger partial charge on any atom is -0.456 e. The summed E-state index contributed by atoms with van der Waals surface area (Å²) in [5.41, 5.74) is 22.1. The number of hydrogen-bond donors (Lipinski definition) is 0. The van der Waals surface area contributed by atoms with Crippen molar-refractivity contribution in [2.24, 2.45) is 0 Å². The van der Waals surface area contributed by atoms with Gasteiger partial charge in [-0.15, -0.1) is 0 Å². The van der Waals surface area contributed by atoms with Crippen molar-refractivity contribution in [1.82, 2.24) is 0 Å². The van der Waals surface area contributed by atoms with E-state index in [9.17, 15) is 0 Å². The molecule has 63 heavy (non-hydrogen) atoms. The summed E-state index contributed by atoms with van der Waals surface area (Å²) in [5, 5.41) is 2.20. The highest BCUT2D eigenvalue weighted by atomic mass is 16.3. The van der Waals surface area contributed by atoms with E-state index in [2.05, 4.69) is 235 Å². The van der Waals surface area contributed by atoms with Gasteiger partial charge < -0.3 is 9.32 Å². The van der Waals surface area contributed by atoms with Crippen molar-refractivity contribution in [2.75, 3.05) is 4.90 Å². The third kappa shape index (κ3) is 5.25. The molecule has 2 heteroatoms. The number of rotatable bonds is 5. The van der Waals surface area contributed by atoms with E-state index in [0.717, 1.165) is 44.6 Å². The SMILES string of the molecule is c1ccc(-c2ccc(N(c3ccc(-c4ccc5c(c4)-c4ccccc4-c4ccccc4C54c5ccccc5-c5ccccc54)cc3)c3cccc4oc5ccccc5c34)cc2)cc1. The lowest BCUT2D eigenvalue weighted by molar-refractivity contribution is 0.669. The van der Waals surface area contributed by atoms with Crippen molar-refractivity contribution >= 4 is 39.0 Å². The summed E-state index contributed by atoms with van der Waals surface area (Å²) in [5.74, 6) is 0. The van der Waals surface area contributed by atoms with E-state index < -0.39 is 5.41 Å². The average molecular weight is 802 g/mol. The Morgan fingerprint density at radius 3 is 1.38 bits per heavy atom. The summed E-state index contributed by atoms with van der Waals surface area (Å²) < 4.78 is 6.42. The topological polar surface area (TPSA) is 16.4 Å². The van der Waals surface area contributed by atoms with E-state index in [1.807, 2.05) is 6.07 Å². The minimum atomic E-state index is -0.491. The Balaban J connectivity index is 0.986. The maximum Gasteiger partial charge on any atom is 0.137 e. The van der Waals surface area contributed by atoms with Gasteiger partial charge in [0, 0.05) is 16.8 Å². The third-order valence-corrected chi connectivity index (χ3v) is 13.5. The monoisotopic (exact) mass is 801 g/mol. The largest absolute Gasteiger partial charge is 0.456 e. The van der Waals surface area contributed by atoms with E-state index in [0.29, 0.717) is 0 Å². The Morgan fingerprint density at radius 2 is 0.746 bits per heavy atom. The van der Waals surface area contributed by atoms with Gasteiger partial charge in [-0.2, -0.15) is 0 Å². The molecule has 2 nitrogen and oxygen atoms in total. The lowest BCUT2D eigenvalue weighted by Gasteiger charge is -2.35. The fourth-order valence-electron chi connectivity index (χ4n) is 10.8. The van der Waals surface area contributed by atoms with Crippen LogP contribution in [0.25, 0.3) is 77.6 Å². The van der Waals surface area contributed by atoms with Crippen LogP contribution >= 0.6 is 0 Å². The van der Waals surface area contributed by atoms with Crippen LogP contribution in [0.1, 0.15) is 22.3 Å². The van der Waals surface area contributed by atoms with Crippen LogP contribution < -0.4 is 4.90 Å². The quantitative estimate of drug-likeness (QED) is 0.172. The van der Waals surface area contributed by atoms with Crippen molar-refractivity contribution in [3.05, 3.63) is 259 Å². The molecule has 11 aromatic rings. The fraction of sp³-hybridized carbons (Fsp3) is 0.0164. The number of nitrogens with zero attached hydrogens (tertiary/aromatic N) is 1. The fourth-order valence-corrected chi connectivity index (χ4v) is 10.8. The number of para-hydroxylation sites is 1. The second-order valence-electron chi connectivity index (χ2n) is 16.7. The molecule has 13 rings (SSSR count). The van der Waals surface area contributed by atoms with Crippen LogP contribution in [0.4, 0.5) is 17.1 Å². The first-order chi connectivity index (χ1) is 31.3. The average Bonchev–Trinajstić information content (AvgIpc) is 3.86. The predicted molar refractivity (Wildman–Crippen MR) is 261 cm³/mol. The van der Waals surface area contributed by atoms with Crippen LogP contribution in [0.2, 0.25) is 0 Å². The molecule has 0 saturated heterocycles. The highest BCUT2D eigenvalue weighted by Gasteiger charge is 2.49. The summed E-state index contributed by atoms with van der Waals surface area (Å²) >= 11 is 0. The van der Waals surface area contributed by atoms with Crippen LogP contribution in [-0.2, 0) is 5.41 Å². The summed E-state index contributed by atoms with van der Waals surface area (Å²) in [6.45, 7) is 0. The lowest BCUT2D eigenvalue weighted by Crippen LogP contribution is -2.29. The predicted octanol–water partition coefficient (Wildman–Crippen LogP) is 16.4. The first-order valence-electron chi connectivity index (χ1n) is 21.8. The van der Waals surface area contributed by atoms with Gasteiger partial charge in [0.1, 0.15) is 11.2 Å². The van der Waals surface area contributed by atoms with Crippen LogP contribution in [0.15, 0.2) is 241 Å². The molecule has 2 aliphatic rings. The van der Waals surface area contributed by atoms with Crippen LogP contribution in [0.3, 0.4) is 0 Å². The normalized spacial score (nSPS) is 12.9. The summed E-state index contributed by atoms with van der Waals surface area (Å²) in [6.07, 6.45) is 0. The van der Waals surface area contributed by atoms with Gasteiger partial charge in [-0.05, 0) is 126 Å². The highest BCUT2D eigenvalue weighted by molar-refractivity contribution is 6.13. The Bertz CT molecular complexity index is 3510. The third-order valence-electron chi connectivity index (χ3n) is 13.5. The Labute approximate surface area is 366 Å². The summed E-state index contributed by atoms with van der Waals surface area (Å²) in [4.78, 5) is 2.37. The first-order valence-corrected chi connectivity index (χ1v) is 21.8. The molecule has 0 saturated carbocycles. The van der Waals surface area contributed by atoms with Crippen molar-refractivity contribution < 1.29 is 4.42 Å². The van der Waals surface area contributed by atoms with Crippen molar-refractivity contribution in [3.63, 3.8) is 0 Å². The zero-order valence-electron chi connectivity index (χ0n) is 34.4. The van der Waals surface area contributed by atoms with Crippen LogP contribution in [-0.4, -0.2) is 0 Å². The number of anilines is 3. The number of benzene rings is 10. The molecule has 294 valence electrons. The first kappa shape index (κ1) is 35.5.